The fraction of sp³-hybridized carbons (Fsp3) is 0.500. The lowest BCUT2D eigenvalue weighted by Gasteiger charge is -2.31. The molecule has 0 unspecified atom stereocenters. The fourth-order valence-electron chi connectivity index (χ4n) is 2.09. The molecule has 0 amide bonds. The van der Waals surface area contributed by atoms with Gasteiger partial charge >= 0.3 is 0 Å². The van der Waals surface area contributed by atoms with Crippen LogP contribution in [0, 0.1) is 0 Å². The molecule has 1 saturated heterocycles. The molecule has 1 aliphatic heterocycles. The Balaban J connectivity index is 0.00000180. The molecule has 19 heavy (non-hydrogen) atoms. The van der Waals surface area contributed by atoms with Gasteiger partial charge in [0.05, 0.1) is 7.11 Å². The van der Waals surface area contributed by atoms with E-state index in [1.807, 2.05) is 6.92 Å². The zero-order chi connectivity index (χ0) is 13.2. The highest BCUT2D eigenvalue weighted by molar-refractivity contribution is 7.89. The van der Waals surface area contributed by atoms with Crippen LogP contribution in [0.25, 0.3) is 0 Å². The fourth-order valence-corrected chi connectivity index (χ4v) is 3.77. The number of halogens is 1. The zero-order valence-electron chi connectivity index (χ0n) is 11.0. The molecule has 0 aliphatic carbocycles. The molecule has 7 heteroatoms. The van der Waals surface area contributed by atoms with Gasteiger partial charge in [-0.2, -0.15) is 4.31 Å². The van der Waals surface area contributed by atoms with Crippen LogP contribution in [0.1, 0.15) is 6.92 Å². The van der Waals surface area contributed by atoms with E-state index in [0.717, 1.165) is 0 Å². The predicted molar refractivity (Wildman–Crippen MR) is 76.5 cm³/mol. The van der Waals surface area contributed by atoms with Crippen molar-refractivity contribution in [1.29, 1.82) is 0 Å². The maximum atomic E-state index is 12.5. The van der Waals surface area contributed by atoms with Gasteiger partial charge in [0.1, 0.15) is 10.6 Å². The van der Waals surface area contributed by atoms with E-state index >= 15 is 0 Å². The summed E-state index contributed by atoms with van der Waals surface area (Å²) in [5.41, 5.74) is 0. The molecule has 1 aromatic carbocycles. The monoisotopic (exact) mass is 306 g/mol. The largest absolute Gasteiger partial charge is 0.495 e. The number of nitrogens with one attached hydrogen (secondary N) is 1. The van der Waals surface area contributed by atoms with Gasteiger partial charge in [0.25, 0.3) is 0 Å². The molecule has 1 aromatic rings. The number of para-hydroxylation sites is 1. The molecule has 1 atom stereocenters. The first-order valence-electron chi connectivity index (χ1n) is 5.92. The van der Waals surface area contributed by atoms with Gasteiger partial charge in [0.15, 0.2) is 0 Å². The molecular formula is C12H19ClN2O3S. The number of rotatable bonds is 3. The second kappa shape index (κ2) is 6.56. The van der Waals surface area contributed by atoms with E-state index in [4.69, 9.17) is 4.74 Å². The molecule has 1 fully saturated rings. The molecule has 0 saturated carbocycles. The van der Waals surface area contributed by atoms with Crippen LogP contribution < -0.4 is 10.1 Å². The first-order chi connectivity index (χ1) is 8.55. The summed E-state index contributed by atoms with van der Waals surface area (Å²) in [5.74, 6) is 0.392. The van der Waals surface area contributed by atoms with Gasteiger partial charge in [-0.15, -0.1) is 12.4 Å². The quantitative estimate of drug-likeness (QED) is 0.908. The van der Waals surface area contributed by atoms with Gasteiger partial charge < -0.3 is 10.1 Å². The molecule has 0 radical (unpaired) electrons. The maximum absolute atomic E-state index is 12.5. The van der Waals surface area contributed by atoms with E-state index in [-0.39, 0.29) is 23.3 Å². The minimum Gasteiger partial charge on any atom is -0.495 e. The minimum absolute atomic E-state index is 0. The normalized spacial score (nSPS) is 20.6. The van der Waals surface area contributed by atoms with Crippen molar-refractivity contribution in [3.05, 3.63) is 24.3 Å². The average Bonchev–Trinajstić information content (AvgIpc) is 2.38. The highest BCUT2D eigenvalue weighted by atomic mass is 35.5. The van der Waals surface area contributed by atoms with Gasteiger partial charge in [0, 0.05) is 25.7 Å². The van der Waals surface area contributed by atoms with Crippen molar-refractivity contribution in [3.63, 3.8) is 0 Å². The van der Waals surface area contributed by atoms with Crippen LogP contribution in [0.15, 0.2) is 29.2 Å². The summed E-state index contributed by atoms with van der Waals surface area (Å²) in [7, 11) is -1.99. The van der Waals surface area contributed by atoms with Crippen molar-refractivity contribution in [2.45, 2.75) is 17.9 Å². The third-order valence-corrected chi connectivity index (χ3v) is 4.92. The average molecular weight is 307 g/mol. The Morgan fingerprint density at radius 3 is 2.68 bits per heavy atom. The minimum atomic E-state index is -3.47. The Morgan fingerprint density at radius 2 is 2.05 bits per heavy atom. The van der Waals surface area contributed by atoms with Crippen molar-refractivity contribution >= 4 is 22.4 Å². The van der Waals surface area contributed by atoms with E-state index < -0.39 is 10.0 Å². The molecule has 5 nitrogen and oxygen atoms in total. The van der Waals surface area contributed by atoms with Gasteiger partial charge in [-0.25, -0.2) is 8.42 Å². The summed E-state index contributed by atoms with van der Waals surface area (Å²) in [6, 6.07) is 6.89. The van der Waals surface area contributed by atoms with Crippen LogP contribution in [0.5, 0.6) is 5.75 Å². The second-order valence-electron chi connectivity index (χ2n) is 4.37. The van der Waals surface area contributed by atoms with E-state index in [1.54, 1.807) is 24.3 Å². The number of methoxy groups -OCH3 is 1. The summed E-state index contributed by atoms with van der Waals surface area (Å²) in [6.45, 7) is 3.63. The lowest BCUT2D eigenvalue weighted by atomic mass is 10.3. The lowest BCUT2D eigenvalue weighted by molar-refractivity contribution is 0.308. The van der Waals surface area contributed by atoms with Crippen molar-refractivity contribution < 1.29 is 13.2 Å². The molecule has 1 N–H and O–H groups in total. The van der Waals surface area contributed by atoms with Gasteiger partial charge in [0.2, 0.25) is 10.0 Å². The third-order valence-electron chi connectivity index (χ3n) is 3.02. The van der Waals surface area contributed by atoms with Crippen LogP contribution >= 0.6 is 12.4 Å². The van der Waals surface area contributed by atoms with Gasteiger partial charge in [-0.1, -0.05) is 12.1 Å². The number of hydrogen-bond acceptors (Lipinski definition) is 4. The lowest BCUT2D eigenvalue weighted by Crippen LogP contribution is -2.51. The number of piperazine rings is 1. The van der Waals surface area contributed by atoms with Crippen LogP contribution in [-0.2, 0) is 10.0 Å². The number of benzene rings is 1. The first kappa shape index (κ1) is 16.2. The number of ether oxygens (including phenoxy) is 1. The summed E-state index contributed by atoms with van der Waals surface area (Å²) >= 11 is 0. The van der Waals surface area contributed by atoms with Gasteiger partial charge in [-0.05, 0) is 19.1 Å². The Kier molecular flexibility index (Phi) is 5.61. The SMILES string of the molecule is COc1ccccc1S(=O)(=O)N1CCN[C@@H](C)C1.Cl. The summed E-state index contributed by atoms with van der Waals surface area (Å²) in [4.78, 5) is 0.238. The van der Waals surface area contributed by atoms with Crippen LogP contribution in [-0.4, -0.2) is 45.5 Å². The summed E-state index contributed by atoms with van der Waals surface area (Å²) in [6.07, 6.45) is 0. The molecule has 0 bridgehead atoms. The number of hydrogen-bond donors (Lipinski definition) is 1. The molecular weight excluding hydrogens is 288 g/mol. The number of sulfonamides is 1. The Morgan fingerprint density at radius 1 is 1.37 bits per heavy atom. The Hall–Kier alpha value is -0.820. The Bertz CT molecular complexity index is 521. The van der Waals surface area contributed by atoms with Gasteiger partial charge in [-0.3, -0.25) is 0 Å². The van der Waals surface area contributed by atoms with E-state index in [0.29, 0.717) is 25.4 Å². The summed E-state index contributed by atoms with van der Waals surface area (Å²) < 4.78 is 31.7. The highest BCUT2D eigenvalue weighted by Crippen LogP contribution is 2.26. The number of nitrogens with zero attached hydrogens (tertiary/aromatic N) is 1. The molecule has 0 spiro atoms. The van der Waals surface area contributed by atoms with Crippen molar-refractivity contribution in [2.24, 2.45) is 0 Å². The van der Waals surface area contributed by atoms with E-state index in [1.165, 1.54) is 11.4 Å². The maximum Gasteiger partial charge on any atom is 0.246 e. The van der Waals surface area contributed by atoms with Crippen LogP contribution in [0.3, 0.4) is 0 Å². The third kappa shape index (κ3) is 3.39. The first-order valence-corrected chi connectivity index (χ1v) is 7.36. The smallest absolute Gasteiger partial charge is 0.246 e. The van der Waals surface area contributed by atoms with Crippen molar-refractivity contribution in [2.75, 3.05) is 26.7 Å². The predicted octanol–water partition coefficient (Wildman–Crippen LogP) is 1.10. The topological polar surface area (TPSA) is 58.6 Å². The van der Waals surface area contributed by atoms with Crippen LogP contribution in [0.2, 0.25) is 0 Å². The van der Waals surface area contributed by atoms with Crippen molar-refractivity contribution in [1.82, 2.24) is 9.62 Å². The zero-order valence-corrected chi connectivity index (χ0v) is 12.6. The molecule has 1 heterocycles. The summed E-state index contributed by atoms with van der Waals surface area (Å²) in [5, 5.41) is 3.23. The molecule has 108 valence electrons. The molecule has 1 aliphatic rings. The van der Waals surface area contributed by atoms with E-state index in [2.05, 4.69) is 5.32 Å². The Labute approximate surface area is 120 Å². The molecule has 2 rings (SSSR count). The highest BCUT2D eigenvalue weighted by Gasteiger charge is 2.30. The standard InChI is InChI=1S/C12H18N2O3S.ClH/c1-10-9-14(8-7-13-10)18(15,16)12-6-4-3-5-11(12)17-2;/h3-6,10,13H,7-9H2,1-2H3;1H/t10-;/m0./s1. The second-order valence-corrected chi connectivity index (χ2v) is 6.28. The van der Waals surface area contributed by atoms with Crippen LogP contribution in [0.4, 0.5) is 0 Å². The van der Waals surface area contributed by atoms with E-state index in [9.17, 15) is 8.42 Å². The van der Waals surface area contributed by atoms with Crippen molar-refractivity contribution in [3.8, 4) is 5.75 Å². The molecule has 0 aromatic heterocycles.